The van der Waals surface area contributed by atoms with Gasteiger partial charge >= 0.3 is 11.4 Å². The molecule has 0 saturated carbocycles. The van der Waals surface area contributed by atoms with E-state index < -0.39 is 0 Å². The summed E-state index contributed by atoms with van der Waals surface area (Å²) in [4.78, 5) is 12.8. The lowest BCUT2D eigenvalue weighted by atomic mass is 10.1. The van der Waals surface area contributed by atoms with Crippen LogP contribution in [0.15, 0.2) is 102 Å². The van der Waals surface area contributed by atoms with Crippen molar-refractivity contribution in [2.24, 2.45) is 0 Å². The second kappa shape index (κ2) is 6.69. The van der Waals surface area contributed by atoms with Crippen LogP contribution in [0.3, 0.4) is 0 Å². The van der Waals surface area contributed by atoms with Crippen LogP contribution in [0.5, 0.6) is 5.88 Å². The summed E-state index contributed by atoms with van der Waals surface area (Å²) in [6.45, 7) is 0. The van der Waals surface area contributed by atoms with E-state index in [1.54, 1.807) is 9.13 Å². The Morgan fingerprint density at radius 1 is 0.731 bits per heavy atom. The monoisotopic (exact) mass is 341 g/mol. The molecule has 0 amide bonds. The van der Waals surface area contributed by atoms with Crippen LogP contribution in [0, 0.1) is 0 Å². The minimum atomic E-state index is -0.292. The predicted molar refractivity (Wildman–Crippen MR) is 101 cm³/mol. The van der Waals surface area contributed by atoms with E-state index in [4.69, 9.17) is 0 Å². The lowest BCUT2D eigenvalue weighted by molar-refractivity contribution is -0.596. The molecule has 1 heterocycles. The molecular weight excluding hydrogens is 324 g/mol. The molecule has 0 aliphatic rings. The van der Waals surface area contributed by atoms with Crippen LogP contribution in [0.25, 0.3) is 22.8 Å². The van der Waals surface area contributed by atoms with Crippen molar-refractivity contribution in [3.05, 3.63) is 107 Å². The maximum atomic E-state index is 12.8. The number of benzene rings is 3. The summed E-state index contributed by atoms with van der Waals surface area (Å²) in [5.74, 6) is 0.486. The quantitative estimate of drug-likeness (QED) is 0.580. The van der Waals surface area contributed by atoms with Gasteiger partial charge in [0, 0.05) is 0 Å². The van der Waals surface area contributed by atoms with Crippen molar-refractivity contribution < 1.29 is 9.67 Å². The number of rotatable bonds is 3. The van der Waals surface area contributed by atoms with E-state index in [2.05, 4.69) is 0 Å². The number of hydrogen-bond donors (Lipinski definition) is 1. The number of aromatic nitrogens is 2. The van der Waals surface area contributed by atoms with Gasteiger partial charge in [-0.1, -0.05) is 54.6 Å². The topological polar surface area (TPSA) is 46.1 Å². The molecular formula is C22H17N2O2+. The molecule has 1 aromatic heterocycles. The van der Waals surface area contributed by atoms with Gasteiger partial charge in [0.15, 0.2) is 0 Å². The molecule has 4 heteroatoms. The SMILES string of the molecule is O=c1cc(O)[n+](-c2ccccc2)c(-c2ccccc2)n1-c1ccccc1. The molecule has 0 fully saturated rings. The van der Waals surface area contributed by atoms with Crippen LogP contribution < -0.4 is 10.1 Å². The van der Waals surface area contributed by atoms with E-state index in [1.807, 2.05) is 91.0 Å². The molecule has 0 unspecified atom stereocenters. The summed E-state index contributed by atoms with van der Waals surface area (Å²) in [6, 6.07) is 29.8. The number of nitrogens with zero attached hydrogens (tertiary/aromatic N) is 2. The van der Waals surface area contributed by atoms with E-state index >= 15 is 0 Å². The lowest BCUT2D eigenvalue weighted by Gasteiger charge is -2.12. The average Bonchev–Trinajstić information content (AvgIpc) is 2.69. The first kappa shape index (κ1) is 15.8. The van der Waals surface area contributed by atoms with Gasteiger partial charge in [0.2, 0.25) is 0 Å². The third kappa shape index (κ3) is 2.78. The molecule has 0 saturated heterocycles. The zero-order valence-corrected chi connectivity index (χ0v) is 14.0. The molecule has 4 nitrogen and oxygen atoms in total. The smallest absolute Gasteiger partial charge is 0.346 e. The first-order valence-corrected chi connectivity index (χ1v) is 8.33. The van der Waals surface area contributed by atoms with Crippen LogP contribution in [0.1, 0.15) is 0 Å². The molecule has 0 atom stereocenters. The minimum absolute atomic E-state index is 0.104. The molecule has 0 spiro atoms. The molecule has 4 aromatic rings. The first-order chi connectivity index (χ1) is 12.8. The summed E-state index contributed by atoms with van der Waals surface area (Å²) in [7, 11) is 0. The molecule has 0 radical (unpaired) electrons. The zero-order valence-electron chi connectivity index (χ0n) is 14.0. The Hall–Kier alpha value is -3.66. The van der Waals surface area contributed by atoms with Gasteiger partial charge in [-0.2, -0.15) is 9.13 Å². The van der Waals surface area contributed by atoms with Crippen LogP contribution in [-0.2, 0) is 0 Å². The van der Waals surface area contributed by atoms with Crippen molar-refractivity contribution in [2.45, 2.75) is 0 Å². The van der Waals surface area contributed by atoms with Crippen LogP contribution >= 0.6 is 0 Å². The van der Waals surface area contributed by atoms with Crippen molar-refractivity contribution in [3.63, 3.8) is 0 Å². The first-order valence-electron chi connectivity index (χ1n) is 8.33. The Bertz CT molecular complexity index is 1090. The molecule has 3 aromatic carbocycles. The van der Waals surface area contributed by atoms with E-state index in [0.717, 1.165) is 16.9 Å². The van der Waals surface area contributed by atoms with Gasteiger partial charge in [0.05, 0.1) is 5.56 Å². The molecule has 1 N–H and O–H groups in total. The van der Waals surface area contributed by atoms with Gasteiger partial charge in [-0.25, -0.2) is 4.79 Å². The van der Waals surface area contributed by atoms with E-state index in [-0.39, 0.29) is 11.4 Å². The Kier molecular flexibility index (Phi) is 4.07. The molecule has 126 valence electrons. The van der Waals surface area contributed by atoms with E-state index in [0.29, 0.717) is 5.82 Å². The third-order valence-corrected chi connectivity index (χ3v) is 4.19. The number of hydrogen-bond acceptors (Lipinski definition) is 2. The average molecular weight is 341 g/mol. The summed E-state index contributed by atoms with van der Waals surface area (Å²) in [5, 5.41) is 10.6. The molecule has 0 aliphatic carbocycles. The van der Waals surface area contributed by atoms with Crippen molar-refractivity contribution >= 4 is 0 Å². The second-order valence-corrected chi connectivity index (χ2v) is 5.87. The fourth-order valence-corrected chi connectivity index (χ4v) is 3.06. The number of para-hydroxylation sites is 2. The van der Waals surface area contributed by atoms with Crippen molar-refractivity contribution in [1.29, 1.82) is 0 Å². The van der Waals surface area contributed by atoms with Crippen LogP contribution in [0.2, 0.25) is 0 Å². The highest BCUT2D eigenvalue weighted by molar-refractivity contribution is 5.56. The Labute approximate surface area is 150 Å². The highest BCUT2D eigenvalue weighted by Crippen LogP contribution is 2.21. The summed E-state index contributed by atoms with van der Waals surface area (Å²) in [5.41, 5.74) is 2.04. The second-order valence-electron chi connectivity index (χ2n) is 5.87. The third-order valence-electron chi connectivity index (χ3n) is 4.19. The lowest BCUT2D eigenvalue weighted by Crippen LogP contribution is -2.41. The van der Waals surface area contributed by atoms with Crippen LogP contribution in [-0.4, -0.2) is 9.67 Å². The number of aromatic hydroxyl groups is 1. The van der Waals surface area contributed by atoms with Gasteiger partial charge < -0.3 is 5.11 Å². The van der Waals surface area contributed by atoms with Gasteiger partial charge in [0.25, 0.3) is 5.88 Å². The Morgan fingerprint density at radius 2 is 1.27 bits per heavy atom. The predicted octanol–water partition coefficient (Wildman–Crippen LogP) is 3.49. The molecule has 26 heavy (non-hydrogen) atoms. The zero-order chi connectivity index (χ0) is 17.9. The summed E-state index contributed by atoms with van der Waals surface area (Å²) < 4.78 is 3.30. The van der Waals surface area contributed by atoms with Crippen molar-refractivity contribution in [2.75, 3.05) is 0 Å². The minimum Gasteiger partial charge on any atom is -0.477 e. The van der Waals surface area contributed by atoms with Gasteiger partial charge in [-0.05, 0) is 36.4 Å². The molecule has 0 aliphatic heterocycles. The Morgan fingerprint density at radius 3 is 1.88 bits per heavy atom. The summed E-state index contributed by atoms with van der Waals surface area (Å²) in [6.07, 6.45) is 0. The Balaban J connectivity index is 2.15. The standard InChI is InChI=1S/C22H16N2O2/c25-20-16-21(26)24(19-14-8-3-9-15-19)22(17-10-4-1-5-11-17)23(20)18-12-6-2-7-13-18/h1-16H/p+1. The molecule has 0 bridgehead atoms. The highest BCUT2D eigenvalue weighted by Gasteiger charge is 2.26. The van der Waals surface area contributed by atoms with Gasteiger partial charge in [0.1, 0.15) is 17.4 Å². The fraction of sp³-hybridized carbons (Fsp3) is 0. The largest absolute Gasteiger partial charge is 0.477 e. The normalized spacial score (nSPS) is 10.6. The van der Waals surface area contributed by atoms with Crippen molar-refractivity contribution in [3.8, 4) is 28.6 Å². The maximum absolute atomic E-state index is 12.8. The fourth-order valence-electron chi connectivity index (χ4n) is 3.06. The van der Waals surface area contributed by atoms with Gasteiger partial charge in [-0.3, -0.25) is 0 Å². The summed E-state index contributed by atoms with van der Waals surface area (Å²) >= 11 is 0. The van der Waals surface area contributed by atoms with Crippen LogP contribution in [0.4, 0.5) is 0 Å². The van der Waals surface area contributed by atoms with E-state index in [1.165, 1.54) is 6.07 Å². The maximum Gasteiger partial charge on any atom is 0.346 e. The molecule has 4 rings (SSSR count). The van der Waals surface area contributed by atoms with Crippen molar-refractivity contribution in [1.82, 2.24) is 4.57 Å². The van der Waals surface area contributed by atoms with E-state index in [9.17, 15) is 9.90 Å². The van der Waals surface area contributed by atoms with Gasteiger partial charge in [-0.15, -0.1) is 0 Å². The highest BCUT2D eigenvalue weighted by atomic mass is 16.3.